The van der Waals surface area contributed by atoms with E-state index in [0.717, 1.165) is 22.0 Å². The van der Waals surface area contributed by atoms with Crippen molar-refractivity contribution in [3.05, 3.63) is 52.3 Å². The van der Waals surface area contributed by atoms with E-state index in [9.17, 15) is 0 Å². The van der Waals surface area contributed by atoms with Gasteiger partial charge in [0.05, 0.1) is 6.04 Å². The molecule has 0 saturated heterocycles. The molecule has 0 aliphatic carbocycles. The van der Waals surface area contributed by atoms with Gasteiger partial charge < -0.3 is 5.32 Å². The Hall–Kier alpha value is -1.61. The topological polar surface area (TPSA) is 37.8 Å². The highest BCUT2D eigenvalue weighted by Gasteiger charge is 2.10. The number of hydrogen-bond donors (Lipinski definition) is 1. The van der Waals surface area contributed by atoms with Gasteiger partial charge in [-0.05, 0) is 38.5 Å². The van der Waals surface area contributed by atoms with E-state index in [2.05, 4.69) is 15.3 Å². The Labute approximate surface area is 112 Å². The van der Waals surface area contributed by atoms with E-state index in [1.54, 1.807) is 0 Å². The van der Waals surface area contributed by atoms with Gasteiger partial charge in [-0.1, -0.05) is 29.8 Å². The highest BCUT2D eigenvalue weighted by Crippen LogP contribution is 2.24. The van der Waals surface area contributed by atoms with Gasteiger partial charge in [0.1, 0.15) is 0 Å². The van der Waals surface area contributed by atoms with Crippen LogP contribution in [0.1, 0.15) is 29.9 Å². The minimum absolute atomic E-state index is 0.0694. The van der Waals surface area contributed by atoms with Crippen molar-refractivity contribution in [3.8, 4) is 0 Å². The number of nitrogens with zero attached hydrogens (tertiary/aromatic N) is 2. The normalized spacial score (nSPS) is 12.2. The zero-order chi connectivity index (χ0) is 13.1. The molecule has 0 unspecified atom stereocenters. The highest BCUT2D eigenvalue weighted by molar-refractivity contribution is 6.31. The Kier molecular flexibility index (Phi) is 3.82. The molecule has 1 atom stereocenters. The summed E-state index contributed by atoms with van der Waals surface area (Å²) in [6.07, 6.45) is 0. The van der Waals surface area contributed by atoms with Gasteiger partial charge in [0, 0.05) is 16.4 Å². The average Bonchev–Trinajstić information content (AvgIpc) is 2.27. The number of aromatic nitrogens is 2. The molecule has 4 heteroatoms. The Balaban J connectivity index is 2.21. The van der Waals surface area contributed by atoms with Crippen LogP contribution in [0.3, 0.4) is 0 Å². The molecule has 0 aliphatic rings. The first kappa shape index (κ1) is 12.8. The summed E-state index contributed by atoms with van der Waals surface area (Å²) in [6, 6.07) is 9.80. The fraction of sp³-hybridized carbons (Fsp3) is 0.286. The summed E-state index contributed by atoms with van der Waals surface area (Å²) in [6.45, 7) is 5.96. The fourth-order valence-electron chi connectivity index (χ4n) is 1.89. The van der Waals surface area contributed by atoms with Crippen molar-refractivity contribution in [1.82, 2.24) is 9.97 Å². The summed E-state index contributed by atoms with van der Waals surface area (Å²) in [4.78, 5) is 8.73. The van der Waals surface area contributed by atoms with Gasteiger partial charge in [-0.3, -0.25) is 0 Å². The van der Waals surface area contributed by atoms with Crippen LogP contribution >= 0.6 is 11.6 Å². The van der Waals surface area contributed by atoms with Crippen LogP contribution in [0.5, 0.6) is 0 Å². The molecular formula is C14H16ClN3. The molecule has 0 bridgehead atoms. The molecule has 0 saturated carbocycles. The summed E-state index contributed by atoms with van der Waals surface area (Å²) >= 11 is 6.17. The van der Waals surface area contributed by atoms with Crippen LogP contribution in [0, 0.1) is 13.8 Å². The second kappa shape index (κ2) is 5.36. The summed E-state index contributed by atoms with van der Waals surface area (Å²) in [7, 11) is 0. The quantitative estimate of drug-likeness (QED) is 0.910. The van der Waals surface area contributed by atoms with E-state index >= 15 is 0 Å². The largest absolute Gasteiger partial charge is 0.348 e. The van der Waals surface area contributed by atoms with Gasteiger partial charge >= 0.3 is 0 Å². The predicted octanol–water partition coefficient (Wildman–Crippen LogP) is 3.92. The van der Waals surface area contributed by atoms with Crippen molar-refractivity contribution < 1.29 is 0 Å². The molecule has 0 amide bonds. The van der Waals surface area contributed by atoms with E-state index in [1.165, 1.54) is 0 Å². The number of benzene rings is 1. The van der Waals surface area contributed by atoms with Gasteiger partial charge in [-0.15, -0.1) is 0 Å². The van der Waals surface area contributed by atoms with Crippen molar-refractivity contribution in [2.24, 2.45) is 0 Å². The van der Waals surface area contributed by atoms with E-state index in [4.69, 9.17) is 11.6 Å². The zero-order valence-electron chi connectivity index (χ0n) is 10.7. The minimum atomic E-state index is 0.0694. The smallest absolute Gasteiger partial charge is 0.223 e. The van der Waals surface area contributed by atoms with Crippen molar-refractivity contribution in [2.45, 2.75) is 26.8 Å². The molecule has 0 spiro atoms. The number of nitrogens with one attached hydrogen (secondary N) is 1. The minimum Gasteiger partial charge on any atom is -0.348 e. The van der Waals surface area contributed by atoms with Gasteiger partial charge in [0.15, 0.2) is 0 Å². The van der Waals surface area contributed by atoms with Gasteiger partial charge in [0.2, 0.25) is 5.95 Å². The van der Waals surface area contributed by atoms with Crippen molar-refractivity contribution >= 4 is 17.5 Å². The summed E-state index contributed by atoms with van der Waals surface area (Å²) in [5, 5.41) is 4.03. The Morgan fingerprint density at radius 3 is 2.33 bits per heavy atom. The van der Waals surface area contributed by atoms with Crippen molar-refractivity contribution in [1.29, 1.82) is 0 Å². The molecular weight excluding hydrogens is 246 g/mol. The summed E-state index contributed by atoms with van der Waals surface area (Å²) in [5.74, 6) is 0.639. The van der Waals surface area contributed by atoms with Crippen LogP contribution in [0.2, 0.25) is 5.02 Å². The van der Waals surface area contributed by atoms with E-state index in [-0.39, 0.29) is 6.04 Å². The fourth-order valence-corrected chi connectivity index (χ4v) is 2.19. The number of hydrogen-bond acceptors (Lipinski definition) is 3. The Bertz CT molecular complexity index is 534. The third-order valence-electron chi connectivity index (χ3n) is 2.70. The number of rotatable bonds is 3. The molecule has 94 valence electrons. The van der Waals surface area contributed by atoms with E-state index < -0.39 is 0 Å². The molecule has 2 aromatic rings. The molecule has 3 nitrogen and oxygen atoms in total. The number of aryl methyl sites for hydroxylation is 2. The lowest BCUT2D eigenvalue weighted by molar-refractivity contribution is 0.853. The lowest BCUT2D eigenvalue weighted by atomic mass is 10.1. The van der Waals surface area contributed by atoms with Crippen LogP contribution in [-0.4, -0.2) is 9.97 Å². The standard InChI is InChI=1S/C14H16ClN3/c1-9-8-10(2)17-14(16-9)18-11(3)12-6-4-5-7-13(12)15/h4-8,11H,1-3H3,(H,16,17,18)/t11-/m1/s1. The third kappa shape index (κ3) is 2.99. The zero-order valence-corrected chi connectivity index (χ0v) is 11.5. The Morgan fingerprint density at radius 1 is 1.11 bits per heavy atom. The SMILES string of the molecule is Cc1cc(C)nc(N[C@H](C)c2ccccc2Cl)n1. The van der Waals surface area contributed by atoms with Crippen LogP contribution in [0.25, 0.3) is 0 Å². The Morgan fingerprint density at radius 2 is 1.72 bits per heavy atom. The van der Waals surface area contributed by atoms with Gasteiger partial charge in [0.25, 0.3) is 0 Å². The first-order valence-corrected chi connectivity index (χ1v) is 6.27. The molecule has 2 rings (SSSR count). The lowest BCUT2D eigenvalue weighted by Crippen LogP contribution is -2.10. The second-order valence-corrected chi connectivity index (χ2v) is 4.77. The number of anilines is 1. The number of halogens is 1. The first-order chi connectivity index (χ1) is 8.56. The van der Waals surface area contributed by atoms with Crippen LogP contribution in [-0.2, 0) is 0 Å². The predicted molar refractivity (Wildman–Crippen MR) is 75.0 cm³/mol. The molecule has 0 fully saturated rings. The van der Waals surface area contributed by atoms with Gasteiger partial charge in [-0.2, -0.15) is 0 Å². The molecule has 1 aromatic heterocycles. The van der Waals surface area contributed by atoms with Crippen LogP contribution in [0.15, 0.2) is 30.3 Å². The maximum Gasteiger partial charge on any atom is 0.223 e. The molecule has 18 heavy (non-hydrogen) atoms. The second-order valence-electron chi connectivity index (χ2n) is 4.36. The molecule has 0 aliphatic heterocycles. The first-order valence-electron chi connectivity index (χ1n) is 5.89. The maximum absolute atomic E-state index is 6.17. The molecule has 1 aromatic carbocycles. The molecule has 1 N–H and O–H groups in total. The van der Waals surface area contributed by atoms with Crippen LogP contribution in [0.4, 0.5) is 5.95 Å². The summed E-state index contributed by atoms with van der Waals surface area (Å²) in [5.41, 5.74) is 2.95. The van der Waals surface area contributed by atoms with Crippen molar-refractivity contribution in [3.63, 3.8) is 0 Å². The lowest BCUT2D eigenvalue weighted by Gasteiger charge is -2.16. The monoisotopic (exact) mass is 261 g/mol. The highest BCUT2D eigenvalue weighted by atomic mass is 35.5. The van der Waals surface area contributed by atoms with Crippen molar-refractivity contribution in [2.75, 3.05) is 5.32 Å². The maximum atomic E-state index is 6.17. The summed E-state index contributed by atoms with van der Waals surface area (Å²) < 4.78 is 0. The van der Waals surface area contributed by atoms with E-state index in [1.807, 2.05) is 51.1 Å². The molecule has 1 heterocycles. The van der Waals surface area contributed by atoms with Gasteiger partial charge in [-0.25, -0.2) is 9.97 Å². The molecule has 0 radical (unpaired) electrons. The third-order valence-corrected chi connectivity index (χ3v) is 3.04. The van der Waals surface area contributed by atoms with Crippen LogP contribution < -0.4 is 5.32 Å². The average molecular weight is 262 g/mol. The van der Waals surface area contributed by atoms with E-state index in [0.29, 0.717) is 5.95 Å².